The first-order valence-corrected chi connectivity index (χ1v) is 12.5. The second kappa shape index (κ2) is 10.3. The number of nitrogens with zero attached hydrogens (tertiary/aromatic N) is 2. The summed E-state index contributed by atoms with van der Waals surface area (Å²) in [4.78, 5) is 31.4. The summed E-state index contributed by atoms with van der Waals surface area (Å²) in [6.45, 7) is -0.408. The third-order valence-electron chi connectivity index (χ3n) is 6.13. The highest BCUT2D eigenvalue weighted by molar-refractivity contribution is 7.14. The number of alkyl halides is 6. The molecule has 2 amide bonds. The Morgan fingerprint density at radius 2 is 1.77 bits per heavy atom. The van der Waals surface area contributed by atoms with E-state index >= 15 is 0 Å². The summed E-state index contributed by atoms with van der Waals surface area (Å²) < 4.78 is 93.2. The summed E-state index contributed by atoms with van der Waals surface area (Å²) in [6, 6.07) is 1.57. The highest BCUT2D eigenvalue weighted by Gasteiger charge is 2.63. The molecule has 2 N–H and O–H groups in total. The van der Waals surface area contributed by atoms with Crippen LogP contribution in [-0.2, 0) is 28.3 Å². The fraction of sp³-hybridized carbons (Fsp3) is 0.409. The molecule has 1 aromatic carbocycles. The maximum atomic E-state index is 14.2. The van der Waals surface area contributed by atoms with Gasteiger partial charge in [0.2, 0.25) is 5.91 Å². The highest BCUT2D eigenvalue weighted by Crippen LogP contribution is 2.50. The number of halogens is 9. The summed E-state index contributed by atoms with van der Waals surface area (Å²) in [5.74, 6) is -2.81. The molecule has 0 spiro atoms. The van der Waals surface area contributed by atoms with Gasteiger partial charge in [-0.3, -0.25) is 9.59 Å². The zero-order valence-electron chi connectivity index (χ0n) is 19.6. The van der Waals surface area contributed by atoms with Gasteiger partial charge in [-0.15, -0.1) is 11.3 Å². The first-order chi connectivity index (χ1) is 18.0. The highest BCUT2D eigenvalue weighted by atomic mass is 35.5. The van der Waals surface area contributed by atoms with E-state index in [9.17, 15) is 40.3 Å². The number of rotatable bonds is 5. The van der Waals surface area contributed by atoms with Gasteiger partial charge in [0, 0.05) is 17.0 Å². The first-order valence-electron chi connectivity index (χ1n) is 11.0. The Kier molecular flexibility index (Phi) is 7.73. The van der Waals surface area contributed by atoms with Crippen LogP contribution in [0.4, 0.5) is 30.7 Å². The van der Waals surface area contributed by atoms with E-state index in [1.807, 2.05) is 0 Å². The van der Waals surface area contributed by atoms with E-state index in [1.165, 1.54) is 4.90 Å². The lowest BCUT2D eigenvalue weighted by Crippen LogP contribution is -2.44. The third-order valence-corrected chi connectivity index (χ3v) is 7.99. The molecule has 7 nitrogen and oxygen atoms in total. The summed E-state index contributed by atoms with van der Waals surface area (Å²) in [6.07, 6.45) is -10.3. The average molecular weight is 621 g/mol. The number of oxime groups is 1. The van der Waals surface area contributed by atoms with Gasteiger partial charge in [-0.1, -0.05) is 28.4 Å². The van der Waals surface area contributed by atoms with Gasteiger partial charge in [-0.25, -0.2) is 4.39 Å². The fourth-order valence-corrected chi connectivity index (χ4v) is 5.85. The van der Waals surface area contributed by atoms with Crippen molar-refractivity contribution >= 4 is 52.2 Å². The fourth-order valence-electron chi connectivity index (χ4n) is 4.11. The van der Waals surface area contributed by atoms with Crippen molar-refractivity contribution in [3.05, 3.63) is 54.4 Å². The minimum Gasteiger partial charge on any atom is -0.372 e. The number of carbonyl (C=O) groups is 2. The Labute approximate surface area is 229 Å². The number of hydrogen-bond donors (Lipinski definition) is 2. The standard InChI is InChI=1S/C22H17Cl2F7N4O3S/c1-9-11-6-35(7-14(11)39-18(9)19(37)32-5-16(36)33-8-21(26,27)28)15-4-20(38-34-15,22(29,30)31)10-2-12(23)17(25)13(24)3-10/h2-3H,4-8H2,1H3,(H,32,37)(H,33,36). The molecule has 2 aromatic rings. The number of amidine groups is 1. The molecule has 2 aliphatic rings. The molecule has 0 saturated heterocycles. The molecule has 4 rings (SSSR count). The number of fused-ring (bicyclic) bond motifs is 1. The zero-order chi connectivity index (χ0) is 28.9. The zero-order valence-corrected chi connectivity index (χ0v) is 21.9. The van der Waals surface area contributed by atoms with Crippen molar-refractivity contribution < 1.29 is 45.2 Å². The number of benzene rings is 1. The van der Waals surface area contributed by atoms with Crippen molar-refractivity contribution in [2.45, 2.75) is 44.4 Å². The number of thiophene rings is 1. The van der Waals surface area contributed by atoms with Crippen LogP contribution in [0, 0.1) is 12.7 Å². The van der Waals surface area contributed by atoms with Gasteiger partial charge in [-0.2, -0.15) is 26.3 Å². The lowest BCUT2D eigenvalue weighted by molar-refractivity contribution is -0.275. The molecular weight excluding hydrogens is 604 g/mol. The van der Waals surface area contributed by atoms with Gasteiger partial charge < -0.3 is 20.4 Å². The molecule has 39 heavy (non-hydrogen) atoms. The first kappa shape index (κ1) is 29.2. The number of nitrogens with one attached hydrogen (secondary N) is 2. The van der Waals surface area contributed by atoms with E-state index in [0.717, 1.165) is 23.5 Å². The Morgan fingerprint density at radius 1 is 1.13 bits per heavy atom. The molecule has 1 aromatic heterocycles. The van der Waals surface area contributed by atoms with E-state index in [1.54, 1.807) is 12.2 Å². The minimum absolute atomic E-state index is 0.0426. The van der Waals surface area contributed by atoms with Crippen LogP contribution in [0.3, 0.4) is 0 Å². The quantitative estimate of drug-likeness (QED) is 0.346. The minimum atomic E-state index is -4.97. The molecule has 1 atom stereocenters. The van der Waals surface area contributed by atoms with E-state index in [-0.39, 0.29) is 23.8 Å². The Bertz CT molecular complexity index is 1340. The topological polar surface area (TPSA) is 83.0 Å². The molecular formula is C22H17Cl2F7N4O3S. The maximum Gasteiger partial charge on any atom is 0.435 e. The SMILES string of the molecule is Cc1c(C(=O)NCC(=O)NCC(F)(F)F)sc2c1CN(C1=NOC(c3cc(Cl)c(F)c(Cl)c3)(C(F)(F)F)C1)C2. The van der Waals surface area contributed by atoms with Crippen molar-refractivity contribution in [1.82, 2.24) is 15.5 Å². The average Bonchev–Trinajstić information content (AvgIpc) is 3.53. The number of carbonyl (C=O) groups excluding carboxylic acids is 2. The third kappa shape index (κ3) is 5.75. The number of hydrogen-bond acceptors (Lipinski definition) is 6. The smallest absolute Gasteiger partial charge is 0.372 e. The van der Waals surface area contributed by atoms with Gasteiger partial charge in [-0.05, 0) is 30.2 Å². The van der Waals surface area contributed by atoms with Crippen molar-refractivity contribution in [3.63, 3.8) is 0 Å². The Hall–Kier alpha value is -2.78. The van der Waals surface area contributed by atoms with Crippen LogP contribution in [0.2, 0.25) is 10.0 Å². The Morgan fingerprint density at radius 3 is 2.33 bits per heavy atom. The molecule has 2 aliphatic heterocycles. The molecule has 17 heteroatoms. The van der Waals surface area contributed by atoms with Gasteiger partial charge in [0.15, 0.2) is 5.82 Å². The summed E-state index contributed by atoms with van der Waals surface area (Å²) in [5.41, 5.74) is -2.31. The van der Waals surface area contributed by atoms with Crippen molar-refractivity contribution in [1.29, 1.82) is 0 Å². The van der Waals surface area contributed by atoms with Crippen LogP contribution in [0.1, 0.15) is 37.7 Å². The summed E-state index contributed by atoms with van der Waals surface area (Å²) in [5, 5.41) is 6.34. The van der Waals surface area contributed by atoms with Crippen LogP contribution in [0.25, 0.3) is 0 Å². The largest absolute Gasteiger partial charge is 0.435 e. The van der Waals surface area contributed by atoms with Gasteiger partial charge in [0.05, 0.1) is 34.4 Å². The lowest BCUT2D eigenvalue weighted by atomic mass is 9.89. The van der Waals surface area contributed by atoms with Gasteiger partial charge in [0.1, 0.15) is 12.4 Å². The normalized spacial score (nSPS) is 19.0. The molecule has 0 saturated carbocycles. The molecule has 3 heterocycles. The van der Waals surface area contributed by atoms with E-state index in [2.05, 4.69) is 10.5 Å². The molecule has 212 valence electrons. The molecule has 0 radical (unpaired) electrons. The van der Waals surface area contributed by atoms with E-state index in [4.69, 9.17) is 28.0 Å². The summed E-state index contributed by atoms with van der Waals surface area (Å²) >= 11 is 12.5. The monoisotopic (exact) mass is 620 g/mol. The maximum absolute atomic E-state index is 14.2. The lowest BCUT2D eigenvalue weighted by Gasteiger charge is -2.30. The molecule has 1 unspecified atom stereocenters. The summed E-state index contributed by atoms with van der Waals surface area (Å²) in [7, 11) is 0. The van der Waals surface area contributed by atoms with Gasteiger partial charge >= 0.3 is 12.4 Å². The van der Waals surface area contributed by atoms with Crippen molar-refractivity contribution in [2.24, 2.45) is 5.16 Å². The van der Waals surface area contributed by atoms with E-state index < -0.39 is 70.7 Å². The van der Waals surface area contributed by atoms with Crippen LogP contribution in [0.5, 0.6) is 0 Å². The predicted octanol–water partition coefficient (Wildman–Crippen LogP) is 5.42. The van der Waals surface area contributed by atoms with Crippen LogP contribution in [0.15, 0.2) is 17.3 Å². The number of amides is 2. The van der Waals surface area contributed by atoms with Crippen molar-refractivity contribution in [2.75, 3.05) is 13.1 Å². The predicted molar refractivity (Wildman–Crippen MR) is 127 cm³/mol. The van der Waals surface area contributed by atoms with Crippen molar-refractivity contribution in [3.8, 4) is 0 Å². The Balaban J connectivity index is 1.45. The van der Waals surface area contributed by atoms with Crippen LogP contribution >= 0.6 is 34.5 Å². The second-order valence-electron chi connectivity index (χ2n) is 8.74. The molecule has 0 bridgehead atoms. The van der Waals surface area contributed by atoms with Crippen LogP contribution in [-0.4, -0.2) is 48.0 Å². The van der Waals surface area contributed by atoms with E-state index in [0.29, 0.717) is 16.0 Å². The molecule has 0 fully saturated rings. The van der Waals surface area contributed by atoms with Crippen LogP contribution < -0.4 is 10.6 Å². The van der Waals surface area contributed by atoms with Gasteiger partial charge in [0.25, 0.3) is 11.5 Å². The second-order valence-corrected chi connectivity index (χ2v) is 10.7. The molecule has 0 aliphatic carbocycles.